The molecule has 2 aromatic rings. The third kappa shape index (κ3) is 4.20. The minimum absolute atomic E-state index is 0.0790. The summed E-state index contributed by atoms with van der Waals surface area (Å²) in [6, 6.07) is 16.2. The lowest BCUT2D eigenvalue weighted by molar-refractivity contribution is 0.0930. The Bertz CT molecular complexity index is 692. The Kier molecular flexibility index (Phi) is 5.23. The number of hydrogen-bond acceptors (Lipinski definition) is 3. The van der Waals surface area contributed by atoms with Gasteiger partial charge in [-0.05, 0) is 55.8 Å². The Morgan fingerprint density at radius 2 is 1.62 bits per heavy atom. The van der Waals surface area contributed by atoms with E-state index in [0.717, 1.165) is 25.9 Å². The van der Waals surface area contributed by atoms with E-state index in [1.54, 1.807) is 36.4 Å². The van der Waals surface area contributed by atoms with Gasteiger partial charge >= 0.3 is 0 Å². The van der Waals surface area contributed by atoms with Crippen LogP contribution in [0.15, 0.2) is 54.6 Å². The first kappa shape index (κ1) is 16.2. The van der Waals surface area contributed by atoms with Crippen LogP contribution in [0.2, 0.25) is 0 Å². The largest absolute Gasteiger partial charge is 0.348 e. The van der Waals surface area contributed by atoms with Crippen molar-refractivity contribution in [1.82, 2.24) is 10.6 Å². The van der Waals surface area contributed by atoms with Crippen LogP contribution in [-0.4, -0.2) is 30.9 Å². The van der Waals surface area contributed by atoms with Crippen LogP contribution in [0.3, 0.4) is 0 Å². The standard InChI is InChI=1S/C19H21N3O2/c23-18(14-5-2-1-3-6-14)21-16-10-8-15(9-11-16)19(24)22-17-7-4-12-20-13-17/h1-3,5-6,8-11,17,20H,4,7,12-13H2,(H,21,23)(H,22,24). The highest BCUT2D eigenvalue weighted by molar-refractivity contribution is 6.04. The van der Waals surface area contributed by atoms with E-state index in [-0.39, 0.29) is 17.9 Å². The van der Waals surface area contributed by atoms with Gasteiger partial charge in [0.1, 0.15) is 0 Å². The van der Waals surface area contributed by atoms with Crippen LogP contribution in [0.1, 0.15) is 33.6 Å². The van der Waals surface area contributed by atoms with Gasteiger partial charge < -0.3 is 16.0 Å². The molecular formula is C19H21N3O2. The maximum atomic E-state index is 12.2. The fourth-order valence-corrected chi connectivity index (χ4v) is 2.74. The van der Waals surface area contributed by atoms with Crippen molar-refractivity contribution in [2.24, 2.45) is 0 Å². The fraction of sp³-hybridized carbons (Fsp3) is 0.263. The summed E-state index contributed by atoms with van der Waals surface area (Å²) < 4.78 is 0. The summed E-state index contributed by atoms with van der Waals surface area (Å²) in [6.45, 7) is 1.83. The molecule has 1 atom stereocenters. The van der Waals surface area contributed by atoms with E-state index in [0.29, 0.717) is 16.8 Å². The molecule has 1 aliphatic rings. The summed E-state index contributed by atoms with van der Waals surface area (Å²) in [5.74, 6) is -0.245. The molecule has 1 saturated heterocycles. The summed E-state index contributed by atoms with van der Waals surface area (Å²) in [7, 11) is 0. The molecule has 3 rings (SSSR count). The zero-order valence-electron chi connectivity index (χ0n) is 13.4. The number of anilines is 1. The summed E-state index contributed by atoms with van der Waals surface area (Å²) in [6.07, 6.45) is 2.08. The van der Waals surface area contributed by atoms with E-state index >= 15 is 0 Å². The molecule has 1 fully saturated rings. The topological polar surface area (TPSA) is 70.2 Å². The quantitative estimate of drug-likeness (QED) is 0.809. The normalized spacial score (nSPS) is 17.1. The monoisotopic (exact) mass is 323 g/mol. The number of nitrogens with one attached hydrogen (secondary N) is 3. The van der Waals surface area contributed by atoms with E-state index in [1.165, 1.54) is 0 Å². The molecule has 124 valence electrons. The number of amides is 2. The molecule has 24 heavy (non-hydrogen) atoms. The molecule has 2 aromatic carbocycles. The minimum atomic E-state index is -0.166. The van der Waals surface area contributed by atoms with Crippen LogP contribution < -0.4 is 16.0 Å². The first-order valence-corrected chi connectivity index (χ1v) is 8.20. The van der Waals surface area contributed by atoms with Gasteiger partial charge in [0, 0.05) is 29.4 Å². The molecule has 1 unspecified atom stereocenters. The van der Waals surface area contributed by atoms with Crippen LogP contribution in [0.4, 0.5) is 5.69 Å². The summed E-state index contributed by atoms with van der Waals surface area (Å²) in [5.41, 5.74) is 1.86. The molecular weight excluding hydrogens is 302 g/mol. The average Bonchev–Trinajstić information content (AvgIpc) is 2.64. The van der Waals surface area contributed by atoms with Gasteiger partial charge in [0.2, 0.25) is 0 Å². The smallest absolute Gasteiger partial charge is 0.255 e. The number of carbonyl (C=O) groups excluding carboxylic acids is 2. The molecule has 0 saturated carbocycles. The van der Waals surface area contributed by atoms with Gasteiger partial charge in [0.05, 0.1) is 0 Å². The molecule has 2 amide bonds. The van der Waals surface area contributed by atoms with Crippen molar-refractivity contribution in [3.05, 3.63) is 65.7 Å². The first-order valence-electron chi connectivity index (χ1n) is 8.20. The molecule has 3 N–H and O–H groups in total. The summed E-state index contributed by atoms with van der Waals surface area (Å²) >= 11 is 0. The van der Waals surface area contributed by atoms with E-state index in [2.05, 4.69) is 16.0 Å². The number of benzene rings is 2. The van der Waals surface area contributed by atoms with Crippen molar-refractivity contribution < 1.29 is 9.59 Å². The predicted molar refractivity (Wildman–Crippen MR) is 94.2 cm³/mol. The Labute approximate surface area is 141 Å². The zero-order chi connectivity index (χ0) is 16.8. The Morgan fingerprint density at radius 1 is 0.917 bits per heavy atom. The highest BCUT2D eigenvalue weighted by atomic mass is 16.2. The summed E-state index contributed by atoms with van der Waals surface area (Å²) in [5, 5.41) is 9.13. The second-order valence-electron chi connectivity index (χ2n) is 5.91. The van der Waals surface area contributed by atoms with Gasteiger partial charge in [-0.25, -0.2) is 0 Å². The van der Waals surface area contributed by atoms with Crippen LogP contribution in [0.5, 0.6) is 0 Å². The molecule has 0 aromatic heterocycles. The van der Waals surface area contributed by atoms with Crippen LogP contribution in [0.25, 0.3) is 0 Å². The van der Waals surface area contributed by atoms with E-state index in [1.807, 2.05) is 18.2 Å². The molecule has 0 bridgehead atoms. The third-order valence-electron chi connectivity index (χ3n) is 4.07. The maximum Gasteiger partial charge on any atom is 0.255 e. The molecule has 0 radical (unpaired) electrons. The van der Waals surface area contributed by atoms with Crippen molar-refractivity contribution in [3.63, 3.8) is 0 Å². The molecule has 5 heteroatoms. The number of hydrogen-bond donors (Lipinski definition) is 3. The zero-order valence-corrected chi connectivity index (χ0v) is 13.4. The molecule has 1 aliphatic heterocycles. The van der Waals surface area contributed by atoms with Gasteiger partial charge in [-0.3, -0.25) is 9.59 Å². The fourth-order valence-electron chi connectivity index (χ4n) is 2.74. The Balaban J connectivity index is 1.58. The number of rotatable bonds is 4. The molecule has 0 spiro atoms. The number of carbonyl (C=O) groups is 2. The first-order chi connectivity index (χ1) is 11.7. The maximum absolute atomic E-state index is 12.2. The lowest BCUT2D eigenvalue weighted by Gasteiger charge is -2.23. The molecule has 1 heterocycles. The molecule has 5 nitrogen and oxygen atoms in total. The van der Waals surface area contributed by atoms with Gasteiger partial charge in [0.15, 0.2) is 0 Å². The van der Waals surface area contributed by atoms with Crippen LogP contribution in [0, 0.1) is 0 Å². The second kappa shape index (κ2) is 7.75. The highest BCUT2D eigenvalue weighted by Crippen LogP contribution is 2.12. The van der Waals surface area contributed by atoms with Crippen molar-refractivity contribution in [1.29, 1.82) is 0 Å². The van der Waals surface area contributed by atoms with Gasteiger partial charge in [-0.1, -0.05) is 18.2 Å². The van der Waals surface area contributed by atoms with Crippen LogP contribution >= 0.6 is 0 Å². The molecule has 0 aliphatic carbocycles. The van der Waals surface area contributed by atoms with Crippen molar-refractivity contribution in [2.75, 3.05) is 18.4 Å². The number of piperidine rings is 1. The van der Waals surface area contributed by atoms with Crippen molar-refractivity contribution in [3.8, 4) is 0 Å². The van der Waals surface area contributed by atoms with Crippen molar-refractivity contribution >= 4 is 17.5 Å². The van der Waals surface area contributed by atoms with Gasteiger partial charge in [0.25, 0.3) is 11.8 Å². The van der Waals surface area contributed by atoms with Gasteiger partial charge in [-0.15, -0.1) is 0 Å². The lowest BCUT2D eigenvalue weighted by atomic mass is 10.1. The summed E-state index contributed by atoms with van der Waals surface area (Å²) in [4.78, 5) is 24.3. The van der Waals surface area contributed by atoms with E-state index < -0.39 is 0 Å². The van der Waals surface area contributed by atoms with E-state index in [4.69, 9.17) is 0 Å². The van der Waals surface area contributed by atoms with Crippen LogP contribution in [-0.2, 0) is 0 Å². The highest BCUT2D eigenvalue weighted by Gasteiger charge is 2.16. The second-order valence-corrected chi connectivity index (χ2v) is 5.91. The average molecular weight is 323 g/mol. The Hall–Kier alpha value is -2.66. The van der Waals surface area contributed by atoms with E-state index in [9.17, 15) is 9.59 Å². The Morgan fingerprint density at radius 3 is 2.29 bits per heavy atom. The minimum Gasteiger partial charge on any atom is -0.348 e. The predicted octanol–water partition coefficient (Wildman–Crippen LogP) is 2.42. The third-order valence-corrected chi connectivity index (χ3v) is 4.07. The lowest BCUT2D eigenvalue weighted by Crippen LogP contribution is -2.45. The van der Waals surface area contributed by atoms with Crippen molar-refractivity contribution in [2.45, 2.75) is 18.9 Å². The SMILES string of the molecule is O=C(Nc1ccc(C(=O)NC2CCCNC2)cc1)c1ccccc1. The van der Waals surface area contributed by atoms with Gasteiger partial charge in [-0.2, -0.15) is 0 Å².